The SMILES string of the molecule is CCCCc1cccc(C(CF)c2ccc(F)c(F)c2)c1. The maximum absolute atomic E-state index is 13.4. The van der Waals surface area contributed by atoms with Crippen LogP contribution in [0.5, 0.6) is 0 Å². The number of hydrogen-bond donors (Lipinski definition) is 0. The van der Waals surface area contributed by atoms with E-state index in [1.54, 1.807) is 0 Å². The third kappa shape index (κ3) is 3.87. The molecule has 2 rings (SSSR count). The lowest BCUT2D eigenvalue weighted by atomic mass is 9.90. The maximum atomic E-state index is 13.4. The van der Waals surface area contributed by atoms with Crippen LogP contribution >= 0.6 is 0 Å². The minimum atomic E-state index is -0.937. The molecule has 2 aromatic rings. The zero-order valence-electron chi connectivity index (χ0n) is 12.1. The predicted octanol–water partition coefficient (Wildman–Crippen LogP) is 5.41. The van der Waals surface area contributed by atoms with Gasteiger partial charge in [0.25, 0.3) is 0 Å². The molecule has 0 fully saturated rings. The lowest BCUT2D eigenvalue weighted by molar-refractivity contribution is 0.456. The molecule has 0 saturated heterocycles. The molecule has 1 unspecified atom stereocenters. The Labute approximate surface area is 123 Å². The van der Waals surface area contributed by atoms with Crippen molar-refractivity contribution in [2.24, 2.45) is 0 Å². The van der Waals surface area contributed by atoms with Gasteiger partial charge in [0.05, 0.1) is 0 Å². The molecule has 0 nitrogen and oxygen atoms in total. The van der Waals surface area contributed by atoms with Gasteiger partial charge >= 0.3 is 0 Å². The summed E-state index contributed by atoms with van der Waals surface area (Å²) >= 11 is 0. The van der Waals surface area contributed by atoms with E-state index in [-0.39, 0.29) is 0 Å². The molecule has 112 valence electrons. The standard InChI is InChI=1S/C18H19F3/c1-2-3-5-13-6-4-7-14(10-13)16(12-19)15-8-9-17(20)18(21)11-15/h4,6-11,16H,2-3,5,12H2,1H3. The molecular formula is C18H19F3. The Bertz CT molecular complexity index is 593. The van der Waals surface area contributed by atoms with Crippen LogP contribution in [0.15, 0.2) is 42.5 Å². The first-order chi connectivity index (χ1) is 10.2. The first-order valence-electron chi connectivity index (χ1n) is 7.25. The van der Waals surface area contributed by atoms with Crippen molar-refractivity contribution >= 4 is 0 Å². The molecule has 0 aliphatic carbocycles. The van der Waals surface area contributed by atoms with Crippen molar-refractivity contribution in [3.8, 4) is 0 Å². The first-order valence-corrected chi connectivity index (χ1v) is 7.25. The second-order valence-electron chi connectivity index (χ2n) is 5.23. The fourth-order valence-electron chi connectivity index (χ4n) is 2.45. The van der Waals surface area contributed by atoms with Crippen molar-refractivity contribution in [3.63, 3.8) is 0 Å². The van der Waals surface area contributed by atoms with Gasteiger partial charge in [0.15, 0.2) is 11.6 Å². The molecule has 0 amide bonds. The predicted molar refractivity (Wildman–Crippen MR) is 79.2 cm³/mol. The summed E-state index contributed by atoms with van der Waals surface area (Å²) in [7, 11) is 0. The van der Waals surface area contributed by atoms with Crippen LogP contribution in [0.1, 0.15) is 42.4 Å². The van der Waals surface area contributed by atoms with Crippen LogP contribution in [0, 0.1) is 11.6 Å². The number of aryl methyl sites for hydroxylation is 1. The molecule has 0 aliphatic rings. The summed E-state index contributed by atoms with van der Waals surface area (Å²) in [6.45, 7) is 1.48. The third-order valence-corrected chi connectivity index (χ3v) is 3.67. The minimum absolute atomic E-state index is 0.462. The highest BCUT2D eigenvalue weighted by molar-refractivity contribution is 5.35. The van der Waals surface area contributed by atoms with Crippen LogP contribution in [0.2, 0.25) is 0 Å². The van der Waals surface area contributed by atoms with Crippen molar-refractivity contribution in [2.75, 3.05) is 6.67 Å². The molecule has 2 aromatic carbocycles. The Morgan fingerprint density at radius 3 is 2.38 bits per heavy atom. The summed E-state index contributed by atoms with van der Waals surface area (Å²) < 4.78 is 39.8. The molecule has 0 aliphatic heterocycles. The normalized spacial score (nSPS) is 12.4. The number of hydrogen-bond acceptors (Lipinski definition) is 0. The van der Waals surface area contributed by atoms with Gasteiger partial charge in [-0.25, -0.2) is 8.78 Å². The van der Waals surface area contributed by atoms with Crippen LogP contribution < -0.4 is 0 Å². The minimum Gasteiger partial charge on any atom is -0.250 e. The van der Waals surface area contributed by atoms with E-state index >= 15 is 0 Å². The molecule has 21 heavy (non-hydrogen) atoms. The Morgan fingerprint density at radius 1 is 0.952 bits per heavy atom. The van der Waals surface area contributed by atoms with E-state index in [2.05, 4.69) is 6.92 Å². The fourth-order valence-corrected chi connectivity index (χ4v) is 2.45. The molecule has 0 heterocycles. The molecule has 1 atom stereocenters. The Hall–Kier alpha value is -1.77. The van der Waals surface area contributed by atoms with Gasteiger partial charge in [-0.2, -0.15) is 0 Å². The van der Waals surface area contributed by atoms with Gasteiger partial charge in [0, 0.05) is 5.92 Å². The summed E-state index contributed by atoms with van der Waals surface area (Å²) in [6, 6.07) is 11.3. The van der Waals surface area contributed by atoms with Gasteiger partial charge in [-0.3, -0.25) is 4.39 Å². The topological polar surface area (TPSA) is 0 Å². The monoisotopic (exact) mass is 292 g/mol. The zero-order valence-corrected chi connectivity index (χ0v) is 12.1. The van der Waals surface area contributed by atoms with E-state index in [1.807, 2.05) is 24.3 Å². The highest BCUT2D eigenvalue weighted by Gasteiger charge is 2.16. The van der Waals surface area contributed by atoms with Crippen LogP contribution in [-0.2, 0) is 6.42 Å². The largest absolute Gasteiger partial charge is 0.250 e. The van der Waals surface area contributed by atoms with Crippen molar-refractivity contribution in [2.45, 2.75) is 32.1 Å². The Kier molecular flexibility index (Phi) is 5.43. The fraction of sp³-hybridized carbons (Fsp3) is 0.333. The van der Waals surface area contributed by atoms with Gasteiger partial charge in [-0.15, -0.1) is 0 Å². The Morgan fingerprint density at radius 2 is 1.71 bits per heavy atom. The van der Waals surface area contributed by atoms with Crippen LogP contribution in [0.3, 0.4) is 0 Å². The van der Waals surface area contributed by atoms with Gasteiger partial charge in [0.2, 0.25) is 0 Å². The number of halogens is 3. The molecule has 0 bridgehead atoms. The van der Waals surface area contributed by atoms with Gasteiger partial charge < -0.3 is 0 Å². The molecular weight excluding hydrogens is 273 g/mol. The van der Waals surface area contributed by atoms with Gasteiger partial charge in [-0.05, 0) is 41.7 Å². The summed E-state index contributed by atoms with van der Waals surface area (Å²) in [5, 5.41) is 0. The zero-order chi connectivity index (χ0) is 15.2. The highest BCUT2D eigenvalue weighted by atomic mass is 19.2. The van der Waals surface area contributed by atoms with Crippen molar-refractivity contribution in [1.29, 1.82) is 0 Å². The summed E-state index contributed by atoms with van der Waals surface area (Å²) in [5.74, 6) is -2.40. The number of rotatable bonds is 6. The maximum Gasteiger partial charge on any atom is 0.159 e. The van der Waals surface area contributed by atoms with Crippen molar-refractivity contribution in [3.05, 3.63) is 70.8 Å². The second kappa shape index (κ2) is 7.30. The van der Waals surface area contributed by atoms with Gasteiger partial charge in [-0.1, -0.05) is 43.7 Å². The number of alkyl halides is 1. The van der Waals surface area contributed by atoms with E-state index in [0.29, 0.717) is 5.56 Å². The molecule has 0 spiro atoms. The molecule has 0 saturated carbocycles. The lowest BCUT2D eigenvalue weighted by Gasteiger charge is -2.15. The van der Waals surface area contributed by atoms with Crippen molar-refractivity contribution in [1.82, 2.24) is 0 Å². The van der Waals surface area contributed by atoms with E-state index in [1.165, 1.54) is 6.07 Å². The van der Waals surface area contributed by atoms with E-state index in [9.17, 15) is 13.2 Å². The molecule has 3 heteroatoms. The summed E-state index contributed by atoms with van der Waals surface area (Å²) in [6.07, 6.45) is 3.12. The second-order valence-corrected chi connectivity index (χ2v) is 5.23. The molecule has 0 aromatic heterocycles. The average Bonchev–Trinajstić information content (AvgIpc) is 2.50. The van der Waals surface area contributed by atoms with E-state index in [4.69, 9.17) is 0 Å². The quantitative estimate of drug-likeness (QED) is 0.668. The van der Waals surface area contributed by atoms with E-state index < -0.39 is 24.2 Å². The highest BCUT2D eigenvalue weighted by Crippen LogP contribution is 2.27. The van der Waals surface area contributed by atoms with E-state index in [0.717, 1.165) is 42.5 Å². The Balaban J connectivity index is 2.30. The summed E-state index contributed by atoms with van der Waals surface area (Å²) in [4.78, 5) is 0. The van der Waals surface area contributed by atoms with Crippen LogP contribution in [-0.4, -0.2) is 6.67 Å². The summed E-state index contributed by atoms with van der Waals surface area (Å²) in [5.41, 5.74) is 2.41. The number of benzene rings is 2. The lowest BCUT2D eigenvalue weighted by Crippen LogP contribution is -2.05. The molecule has 0 N–H and O–H groups in total. The first kappa shape index (κ1) is 15.6. The average molecular weight is 292 g/mol. The van der Waals surface area contributed by atoms with Crippen LogP contribution in [0.4, 0.5) is 13.2 Å². The number of unbranched alkanes of at least 4 members (excludes halogenated alkanes) is 1. The molecule has 0 radical (unpaired) electrons. The van der Waals surface area contributed by atoms with Crippen LogP contribution in [0.25, 0.3) is 0 Å². The third-order valence-electron chi connectivity index (χ3n) is 3.67. The van der Waals surface area contributed by atoms with Crippen molar-refractivity contribution < 1.29 is 13.2 Å². The van der Waals surface area contributed by atoms with Gasteiger partial charge in [0.1, 0.15) is 6.67 Å². The smallest absolute Gasteiger partial charge is 0.159 e.